The molecule has 2 aromatic carbocycles. The molecule has 1 aromatic heterocycles. The molecular weight excluding hydrogens is 552 g/mol. The molecule has 4 atom stereocenters. The maximum Gasteiger partial charge on any atom is 0.309 e. The Hall–Kier alpha value is -4.39. The van der Waals surface area contributed by atoms with Gasteiger partial charge in [-0.05, 0) is 36.2 Å². The van der Waals surface area contributed by atoms with Gasteiger partial charge in [0.15, 0.2) is 5.69 Å². The van der Waals surface area contributed by atoms with Crippen molar-refractivity contribution in [2.45, 2.75) is 37.1 Å². The molecule has 0 aliphatic carbocycles. The highest BCUT2D eigenvalue weighted by molar-refractivity contribution is 7.91. The molecule has 40 heavy (non-hydrogen) atoms. The Morgan fingerprint density at radius 1 is 1.05 bits per heavy atom. The average molecular weight is 582 g/mol. The minimum Gasteiger partial charge on any atom is -0.431 e. The number of carbonyl (C=O) groups excluding carboxylic acids is 2. The molecule has 3 aromatic rings. The lowest BCUT2D eigenvalue weighted by molar-refractivity contribution is -0.0212. The second-order valence-corrected chi connectivity index (χ2v) is 10.5. The Labute approximate surface area is 230 Å². The van der Waals surface area contributed by atoms with Gasteiger partial charge in [-0.3, -0.25) is 9.59 Å². The third-order valence-electron chi connectivity index (χ3n) is 5.54. The van der Waals surface area contributed by atoms with Crippen molar-refractivity contribution in [1.82, 2.24) is 15.6 Å². The van der Waals surface area contributed by atoms with Gasteiger partial charge in [-0.15, -0.1) is 0 Å². The Morgan fingerprint density at radius 2 is 1.65 bits per heavy atom. The monoisotopic (exact) mass is 581 g/mol. The molecule has 0 saturated carbocycles. The van der Waals surface area contributed by atoms with Crippen LogP contribution in [0.2, 0.25) is 0 Å². The lowest BCUT2D eigenvalue weighted by Crippen LogP contribution is -2.56. The Morgan fingerprint density at radius 3 is 2.25 bits per heavy atom. The van der Waals surface area contributed by atoms with Gasteiger partial charge in [0.2, 0.25) is 10.0 Å². The van der Waals surface area contributed by atoms with E-state index in [4.69, 9.17) is 4.42 Å². The lowest BCUT2D eigenvalue weighted by atomic mass is 9.92. The van der Waals surface area contributed by atoms with Crippen LogP contribution in [0.1, 0.15) is 35.7 Å². The fraction of sp³-hybridized carbons (Fsp3) is 0.280. The quantitative estimate of drug-likeness (QED) is 0.211. The van der Waals surface area contributed by atoms with Crippen molar-refractivity contribution in [3.63, 3.8) is 0 Å². The zero-order valence-corrected chi connectivity index (χ0v) is 21.7. The number of rotatable bonds is 12. The number of oxazole rings is 1. The zero-order valence-electron chi connectivity index (χ0n) is 20.9. The van der Waals surface area contributed by atoms with Crippen molar-refractivity contribution in [3.8, 4) is 6.07 Å². The van der Waals surface area contributed by atoms with Crippen molar-refractivity contribution in [2.75, 3.05) is 11.0 Å². The second kappa shape index (κ2) is 13.1. The number of hydrogen-bond donors (Lipinski definition) is 5. The van der Waals surface area contributed by atoms with Gasteiger partial charge in [0, 0.05) is 14.5 Å². The average Bonchev–Trinajstić information content (AvgIpc) is 3.34. The second-order valence-electron chi connectivity index (χ2n) is 8.76. The molecule has 0 radical (unpaired) electrons. The van der Waals surface area contributed by atoms with Crippen molar-refractivity contribution in [1.29, 1.82) is 5.26 Å². The van der Waals surface area contributed by atoms with E-state index in [-0.39, 0.29) is 14.0 Å². The van der Waals surface area contributed by atoms with Gasteiger partial charge in [-0.25, -0.2) is 21.9 Å². The summed E-state index contributed by atoms with van der Waals surface area (Å²) in [5.74, 6) is -3.50. The third-order valence-corrected chi connectivity index (χ3v) is 6.09. The number of nitrogens with zero attached hydrogens (tertiary/aromatic N) is 2. The van der Waals surface area contributed by atoms with E-state index in [0.29, 0.717) is 6.07 Å². The fourth-order valence-corrected chi connectivity index (χ4v) is 4.15. The first-order valence-electron chi connectivity index (χ1n) is 11.6. The predicted octanol–water partition coefficient (Wildman–Crippen LogP) is 1.59. The lowest BCUT2D eigenvalue weighted by Gasteiger charge is -2.32. The summed E-state index contributed by atoms with van der Waals surface area (Å²) in [6.07, 6.45) is -2.91. The van der Waals surface area contributed by atoms with Crippen LogP contribution in [0.3, 0.4) is 0 Å². The van der Waals surface area contributed by atoms with Gasteiger partial charge in [-0.2, -0.15) is 10.2 Å². The first-order chi connectivity index (χ1) is 18.9. The molecule has 0 saturated heterocycles. The van der Waals surface area contributed by atoms with E-state index in [0.717, 1.165) is 24.7 Å². The van der Waals surface area contributed by atoms with Crippen LogP contribution >= 0.6 is 0 Å². The molecule has 15 heteroatoms. The molecule has 2 amide bonds. The Balaban J connectivity index is 0.00000441. The number of aromatic nitrogens is 1. The standard InChI is InChI=1S/C25H25F2N5O7S.2H2/c1-40(37,38)32-25-31-20(13-39-25)24(36)30-19(11-14-9-16(26)12-17(27)10-14)22(34)21(33)18(7-8-28)29-23(35)15-5-3-2-4-6-15;;/h2-6,9-10,12-13,18-19,21-22,33-34H,7,11H2,1H3,(H,29,35)(H,30,36)(H,31,32);2*1H/t18-,19+,21-,22-;;/m1../s1. The van der Waals surface area contributed by atoms with Crippen molar-refractivity contribution < 1.29 is 44.3 Å². The molecule has 0 aliphatic rings. The summed E-state index contributed by atoms with van der Waals surface area (Å²) in [6, 6.07) is 8.93. The molecule has 0 aliphatic heterocycles. The van der Waals surface area contributed by atoms with Gasteiger partial charge in [-0.1, -0.05) is 18.2 Å². The van der Waals surface area contributed by atoms with E-state index in [1.54, 1.807) is 24.3 Å². The molecule has 5 N–H and O–H groups in total. The van der Waals surface area contributed by atoms with Gasteiger partial charge >= 0.3 is 6.01 Å². The largest absolute Gasteiger partial charge is 0.431 e. The van der Waals surface area contributed by atoms with E-state index in [2.05, 4.69) is 15.6 Å². The number of aliphatic hydroxyl groups is 2. The van der Waals surface area contributed by atoms with Gasteiger partial charge in [0.25, 0.3) is 11.8 Å². The van der Waals surface area contributed by atoms with E-state index in [1.807, 2.05) is 4.72 Å². The SMILES string of the molecule is CS(=O)(=O)Nc1nc(C(=O)N[C@@H](Cc2cc(F)cc(F)c2)[C@@H](O)[C@H](O)[C@@H](CC#N)NC(=O)c2ccccc2)co1.[HH].[HH]. The summed E-state index contributed by atoms with van der Waals surface area (Å²) in [7, 11) is -3.77. The number of halogens is 2. The van der Waals surface area contributed by atoms with E-state index >= 15 is 0 Å². The number of nitriles is 1. The summed E-state index contributed by atoms with van der Waals surface area (Å²) in [5.41, 5.74) is -0.204. The van der Waals surface area contributed by atoms with E-state index in [9.17, 15) is 42.3 Å². The molecule has 1 heterocycles. The Kier molecular flexibility index (Phi) is 9.88. The first-order valence-corrected chi connectivity index (χ1v) is 13.5. The van der Waals surface area contributed by atoms with Gasteiger partial charge in [0.05, 0.1) is 30.8 Å². The Bertz CT molecular complexity index is 1490. The number of sulfonamides is 1. The topological polar surface area (TPSA) is 195 Å². The van der Waals surface area contributed by atoms with Crippen LogP contribution in [-0.2, 0) is 16.4 Å². The molecule has 0 spiro atoms. The number of anilines is 1. The maximum absolute atomic E-state index is 13.8. The number of carbonyl (C=O) groups is 2. The van der Waals surface area contributed by atoms with Crippen LogP contribution in [0, 0.1) is 23.0 Å². The summed E-state index contributed by atoms with van der Waals surface area (Å²) in [4.78, 5) is 29.2. The summed E-state index contributed by atoms with van der Waals surface area (Å²) >= 11 is 0. The van der Waals surface area contributed by atoms with Crippen LogP contribution in [0.5, 0.6) is 0 Å². The van der Waals surface area contributed by atoms with Crippen LogP contribution in [-0.4, -0.2) is 66.0 Å². The predicted molar refractivity (Wildman–Crippen MR) is 140 cm³/mol. The van der Waals surface area contributed by atoms with Gasteiger partial charge in [0.1, 0.15) is 30.1 Å². The zero-order chi connectivity index (χ0) is 29.4. The summed E-state index contributed by atoms with van der Waals surface area (Å²) in [6.45, 7) is 0. The van der Waals surface area contributed by atoms with Crippen LogP contribution in [0.4, 0.5) is 14.8 Å². The smallest absolute Gasteiger partial charge is 0.309 e. The number of hydrogen-bond acceptors (Lipinski definition) is 9. The van der Waals surface area contributed by atoms with Crippen molar-refractivity contribution in [2.24, 2.45) is 0 Å². The molecule has 0 fully saturated rings. The molecular formula is C25H29F2N5O7S. The normalized spacial score (nSPS) is 14.3. The van der Waals surface area contributed by atoms with Crippen molar-refractivity contribution in [3.05, 3.63) is 83.2 Å². The molecule has 12 nitrogen and oxygen atoms in total. The van der Waals surface area contributed by atoms with Gasteiger partial charge < -0.3 is 25.3 Å². The third kappa shape index (κ3) is 8.56. The minimum atomic E-state index is -3.77. The van der Waals surface area contributed by atoms with Crippen LogP contribution < -0.4 is 15.4 Å². The first kappa shape index (κ1) is 30.2. The molecule has 0 unspecified atom stereocenters. The molecule has 3 rings (SSSR count). The summed E-state index contributed by atoms with van der Waals surface area (Å²) in [5, 5.41) is 36.1. The fourth-order valence-electron chi connectivity index (χ4n) is 3.74. The number of amides is 2. The maximum atomic E-state index is 13.8. The highest BCUT2D eigenvalue weighted by Gasteiger charge is 2.35. The number of nitrogens with one attached hydrogen (secondary N) is 3. The highest BCUT2D eigenvalue weighted by atomic mass is 32.2. The number of benzene rings is 2. The van der Waals surface area contributed by atoms with E-state index in [1.165, 1.54) is 12.1 Å². The highest BCUT2D eigenvalue weighted by Crippen LogP contribution is 2.17. The molecule has 0 bridgehead atoms. The molecule has 216 valence electrons. The van der Waals surface area contributed by atoms with Crippen molar-refractivity contribution >= 4 is 27.9 Å². The van der Waals surface area contributed by atoms with E-state index < -0.39 is 82.3 Å². The number of aliphatic hydroxyl groups excluding tert-OH is 2. The summed E-state index contributed by atoms with van der Waals surface area (Å²) < 4.78 is 57.3. The van der Waals surface area contributed by atoms with Crippen LogP contribution in [0.25, 0.3) is 0 Å². The minimum absolute atomic E-state index is 0. The van der Waals surface area contributed by atoms with Crippen LogP contribution in [0.15, 0.2) is 59.2 Å².